The average molecular weight is 1120 g/mol. The minimum atomic E-state index is -5.06. The molecule has 446 valence electrons. The number of fused-ring (bicyclic) bond motifs is 1. The number of nitrogens with one attached hydrogen (secondary N) is 6. The van der Waals surface area contributed by atoms with Gasteiger partial charge in [-0.25, -0.2) is 4.18 Å². The van der Waals surface area contributed by atoms with Crippen LogP contribution >= 0.6 is 0 Å². The highest BCUT2D eigenvalue weighted by atomic mass is 32.3. The number of hydrogen-bond donors (Lipinski definition) is 7. The second-order valence-corrected chi connectivity index (χ2v) is 22.3. The molecule has 0 radical (unpaired) electrons. The maximum atomic E-state index is 13.7. The monoisotopic (exact) mass is 1120 g/mol. The molecule has 0 aliphatic rings. The zero-order valence-electron chi connectivity index (χ0n) is 48.4. The number of unbranched alkanes of at least 4 members (excludes halogenated alkanes) is 22. The molecule has 0 bridgehead atoms. The van der Waals surface area contributed by atoms with Crippen LogP contribution in [0.4, 0.5) is 0 Å². The van der Waals surface area contributed by atoms with Crippen molar-refractivity contribution in [2.45, 2.75) is 251 Å². The molecular weight excluding hydrogens is 1020 g/mol. The predicted octanol–water partition coefficient (Wildman–Crippen LogP) is 10.6. The van der Waals surface area contributed by atoms with E-state index in [1.165, 1.54) is 83.5 Å². The summed E-state index contributed by atoms with van der Waals surface area (Å²) in [6, 6.07) is 3.74. The van der Waals surface area contributed by atoms with Crippen LogP contribution in [0.2, 0.25) is 0 Å². The van der Waals surface area contributed by atoms with Gasteiger partial charge in [-0.15, -0.1) is 0 Å². The Morgan fingerprint density at radius 3 is 1.74 bits per heavy atom. The van der Waals surface area contributed by atoms with Crippen LogP contribution < -0.4 is 26.6 Å². The Morgan fingerprint density at radius 1 is 0.615 bits per heavy atom. The molecule has 2 aromatic rings. The lowest BCUT2D eigenvalue weighted by Crippen LogP contribution is -2.56. The smallest absolute Gasteiger partial charge is 0.397 e. The van der Waals surface area contributed by atoms with E-state index in [9.17, 15) is 41.7 Å². The third-order valence-corrected chi connectivity index (χ3v) is 14.7. The Morgan fingerprint density at radius 2 is 1.17 bits per heavy atom. The van der Waals surface area contributed by atoms with Gasteiger partial charge in [0.25, 0.3) is 5.91 Å². The number of amides is 5. The van der Waals surface area contributed by atoms with Crippen LogP contribution in [0.1, 0.15) is 238 Å². The summed E-state index contributed by atoms with van der Waals surface area (Å²) in [7, 11) is -5.06. The van der Waals surface area contributed by atoms with Gasteiger partial charge in [-0.1, -0.05) is 200 Å². The molecule has 18 nitrogen and oxygen atoms in total. The maximum absolute atomic E-state index is 13.7. The van der Waals surface area contributed by atoms with Crippen molar-refractivity contribution in [3.63, 3.8) is 0 Å². The molecule has 19 heteroatoms. The quantitative estimate of drug-likeness (QED) is 0.0185. The third kappa shape index (κ3) is 33.1. The summed E-state index contributed by atoms with van der Waals surface area (Å²) in [6.07, 6.45) is 31.6. The van der Waals surface area contributed by atoms with Crippen molar-refractivity contribution < 1.29 is 55.4 Å². The van der Waals surface area contributed by atoms with Gasteiger partial charge >= 0.3 is 16.4 Å². The molecule has 2 rings (SSSR count). The van der Waals surface area contributed by atoms with Crippen LogP contribution in [0.5, 0.6) is 0 Å². The number of aromatic amines is 1. The van der Waals surface area contributed by atoms with Crippen molar-refractivity contribution in [1.82, 2.24) is 31.6 Å². The Balaban J connectivity index is 2.10. The van der Waals surface area contributed by atoms with Gasteiger partial charge in [0.1, 0.15) is 18.2 Å². The van der Waals surface area contributed by atoms with E-state index in [0.29, 0.717) is 43.1 Å². The van der Waals surface area contributed by atoms with Crippen LogP contribution in [-0.4, -0.2) is 111 Å². The fourth-order valence-electron chi connectivity index (χ4n) is 9.29. The molecule has 0 aliphatic heterocycles. The summed E-state index contributed by atoms with van der Waals surface area (Å²) in [5.41, 5.74) is 1.08. The van der Waals surface area contributed by atoms with Gasteiger partial charge in [0.2, 0.25) is 23.6 Å². The number of hydrogen-bond acceptors (Lipinski definition) is 11. The molecule has 7 N–H and O–H groups in total. The number of ether oxygens (including phenoxy) is 2. The van der Waals surface area contributed by atoms with Gasteiger partial charge in [-0.05, 0) is 37.7 Å². The fourth-order valence-corrected chi connectivity index (χ4v) is 9.60. The van der Waals surface area contributed by atoms with Crippen molar-refractivity contribution in [3.8, 4) is 0 Å². The molecule has 1 heterocycles. The van der Waals surface area contributed by atoms with Crippen molar-refractivity contribution in [2.24, 2.45) is 5.92 Å². The van der Waals surface area contributed by atoms with Crippen LogP contribution in [0.25, 0.3) is 10.9 Å². The number of carbonyl (C=O) groups excluding carboxylic acids is 6. The zero-order valence-corrected chi connectivity index (χ0v) is 49.2. The van der Waals surface area contributed by atoms with Gasteiger partial charge in [-0.2, -0.15) is 8.42 Å². The van der Waals surface area contributed by atoms with Gasteiger partial charge in [0.15, 0.2) is 0 Å². The molecule has 0 spiro atoms. The highest BCUT2D eigenvalue weighted by Crippen LogP contribution is 2.20. The Hall–Kier alpha value is -4.59. The maximum Gasteiger partial charge on any atom is 0.397 e. The van der Waals surface area contributed by atoms with Gasteiger partial charge in [-0.3, -0.25) is 33.3 Å². The molecule has 0 unspecified atom stereocenters. The lowest BCUT2D eigenvalue weighted by atomic mass is 9.97. The Kier molecular flexibility index (Phi) is 38.5. The number of H-pyrrole nitrogens is 1. The highest BCUT2D eigenvalue weighted by molar-refractivity contribution is 7.80. The average Bonchev–Trinajstić information content (AvgIpc) is 3.88. The van der Waals surface area contributed by atoms with Crippen molar-refractivity contribution in [2.75, 3.05) is 32.9 Å². The first-order chi connectivity index (χ1) is 37.6. The van der Waals surface area contributed by atoms with Crippen molar-refractivity contribution >= 4 is 56.8 Å². The van der Waals surface area contributed by atoms with Gasteiger partial charge < -0.3 is 41.0 Å². The molecular formula is C59H102N6O12S. The number of rotatable bonds is 49. The predicted molar refractivity (Wildman–Crippen MR) is 308 cm³/mol. The van der Waals surface area contributed by atoms with Crippen LogP contribution in [0.15, 0.2) is 30.5 Å². The first-order valence-electron chi connectivity index (χ1n) is 30.0. The van der Waals surface area contributed by atoms with Crippen LogP contribution in [0.3, 0.4) is 0 Å². The molecule has 1 aromatic carbocycles. The molecule has 5 amide bonds. The largest absolute Gasteiger partial charge is 0.462 e. The standard InChI is InChI=1S/C59H102N6O12S/c1-6-10-13-16-18-20-21-23-24-27-30-37-53(66)63-47(44-75-40-39-48(34-29-26-15-12-8-3)77-55(68)38-31-28-25-22-19-17-14-11-7-2)41-61-58(70)52(45-76-78(72,73)74)64-54(67)43-62-59(71)56(46(5)9-4)65-57(69)50-42-60-51-36-33-32-35-49(50)51/h32-33,35-36,42,46-48,52,56,60H,6-31,34,37-41,43-45H2,1-5H3,(H,61,70)(H,62,71)(H,63,66)(H,64,67)(H,65,69)(H,72,73,74)/t46-,47-,48+,52-,56-/m0/s1. The molecule has 5 atom stereocenters. The van der Waals surface area contributed by atoms with E-state index in [1.54, 1.807) is 25.3 Å². The lowest BCUT2D eigenvalue weighted by Gasteiger charge is -2.24. The van der Waals surface area contributed by atoms with E-state index in [2.05, 4.69) is 56.5 Å². The van der Waals surface area contributed by atoms with E-state index in [-0.39, 0.29) is 50.1 Å². The van der Waals surface area contributed by atoms with E-state index in [4.69, 9.17) is 9.47 Å². The number of aromatic nitrogens is 1. The number of carbonyl (C=O) groups is 6. The van der Waals surface area contributed by atoms with Crippen molar-refractivity contribution in [1.29, 1.82) is 0 Å². The summed E-state index contributed by atoms with van der Waals surface area (Å²) in [4.78, 5) is 83.3. The summed E-state index contributed by atoms with van der Waals surface area (Å²) >= 11 is 0. The minimum Gasteiger partial charge on any atom is -0.462 e. The second kappa shape index (κ2) is 43.2. The minimum absolute atomic E-state index is 0.0291. The first-order valence-corrected chi connectivity index (χ1v) is 31.4. The van der Waals surface area contributed by atoms with E-state index in [0.717, 1.165) is 76.1 Å². The third-order valence-electron chi connectivity index (χ3n) is 14.3. The Labute approximate surface area is 468 Å². The van der Waals surface area contributed by atoms with Gasteiger partial charge in [0, 0.05) is 42.9 Å². The molecule has 0 saturated carbocycles. The topological polar surface area (TPSA) is 260 Å². The molecule has 0 fully saturated rings. The summed E-state index contributed by atoms with van der Waals surface area (Å²) in [6.45, 7) is 8.54. The highest BCUT2D eigenvalue weighted by Gasteiger charge is 2.29. The van der Waals surface area contributed by atoms with Crippen LogP contribution in [-0.2, 0) is 48.0 Å². The molecule has 0 saturated heterocycles. The Bertz CT molecular complexity index is 2090. The zero-order chi connectivity index (χ0) is 57.2. The molecule has 1 aromatic heterocycles. The first kappa shape index (κ1) is 69.5. The summed E-state index contributed by atoms with van der Waals surface area (Å²) in [5, 5.41) is 13.9. The van der Waals surface area contributed by atoms with Crippen LogP contribution in [0, 0.1) is 5.92 Å². The lowest BCUT2D eigenvalue weighted by molar-refractivity contribution is -0.150. The molecule has 78 heavy (non-hydrogen) atoms. The fraction of sp³-hybridized carbons (Fsp3) is 0.763. The molecule has 0 aliphatic carbocycles. The number of esters is 1. The van der Waals surface area contributed by atoms with Crippen molar-refractivity contribution in [3.05, 3.63) is 36.0 Å². The van der Waals surface area contributed by atoms with E-state index in [1.807, 2.05) is 19.1 Å². The van der Waals surface area contributed by atoms with E-state index < -0.39 is 65.3 Å². The van der Waals surface area contributed by atoms with Gasteiger partial charge in [0.05, 0.1) is 38.0 Å². The SMILES string of the molecule is CCCCCCCCCCCCCC(=O)N[C@@H](CNC(=O)[C@H](COS(=O)(=O)O)NC(=O)CNC(=O)[C@@H](NC(=O)c1c[nH]c2ccccc12)[C@@H](C)CC)COCC[C@@H](CCCCCCC)OC(=O)CCCCCCCCCCC. The van der Waals surface area contributed by atoms with E-state index >= 15 is 0 Å². The second-order valence-electron chi connectivity index (χ2n) is 21.2. The normalized spacial score (nSPS) is 13.5. The number of benzene rings is 1. The number of para-hydroxylation sites is 1. The summed E-state index contributed by atoms with van der Waals surface area (Å²) in [5.74, 6) is -3.78. The summed E-state index contributed by atoms with van der Waals surface area (Å²) < 4.78 is 49.3.